The Morgan fingerprint density at radius 3 is 2.10 bits per heavy atom. The molecule has 0 fully saturated rings. The molecule has 0 saturated carbocycles. The van der Waals surface area contributed by atoms with Crippen molar-refractivity contribution in [3.63, 3.8) is 0 Å². The third-order valence-corrected chi connectivity index (χ3v) is 10.8. The maximum atomic E-state index is 12.8. The van der Waals surface area contributed by atoms with Gasteiger partial charge in [-0.15, -0.1) is 10.2 Å². The zero-order valence-corrected chi connectivity index (χ0v) is 34.2. The summed E-state index contributed by atoms with van der Waals surface area (Å²) in [6, 6.07) is 43.7. The van der Waals surface area contributed by atoms with E-state index in [0.717, 1.165) is 101 Å². The van der Waals surface area contributed by atoms with E-state index in [9.17, 15) is 4.79 Å². The van der Waals surface area contributed by atoms with Crippen LogP contribution < -0.4 is 20.1 Å². The zero-order valence-electron chi connectivity index (χ0n) is 34.2. The highest BCUT2D eigenvalue weighted by molar-refractivity contribution is 6.03. The van der Waals surface area contributed by atoms with Gasteiger partial charge < -0.3 is 9.64 Å². The number of azo groups is 2. The summed E-state index contributed by atoms with van der Waals surface area (Å²) >= 11 is 0. The van der Waals surface area contributed by atoms with Crippen LogP contribution in [0.5, 0.6) is 5.75 Å². The molecule has 9 heteroatoms. The summed E-state index contributed by atoms with van der Waals surface area (Å²) < 4.78 is 5.58. The molecule has 0 radical (unpaired) electrons. The van der Waals surface area contributed by atoms with Crippen LogP contribution in [0.1, 0.15) is 60.2 Å². The van der Waals surface area contributed by atoms with Gasteiger partial charge in [0.2, 0.25) is 0 Å². The predicted octanol–water partition coefficient (Wildman–Crippen LogP) is 13.9. The van der Waals surface area contributed by atoms with Crippen LogP contribution in [-0.4, -0.2) is 26.1 Å². The smallest absolute Gasteiger partial charge is 0.343 e. The fourth-order valence-electron chi connectivity index (χ4n) is 7.83. The van der Waals surface area contributed by atoms with Gasteiger partial charge in [-0.1, -0.05) is 80.9 Å². The number of ether oxygens (including phenoxy) is 1. The normalized spacial score (nSPS) is 12.7. The number of aryl methyl sites for hydroxylation is 3. The number of carbonyl (C=O) groups excluding carboxylic acids is 1. The number of benzene rings is 7. The summed E-state index contributed by atoms with van der Waals surface area (Å²) in [4.78, 5) is 15.3. The summed E-state index contributed by atoms with van der Waals surface area (Å²) in [5, 5.41) is 24.8. The second-order valence-electron chi connectivity index (χ2n) is 15.1. The summed E-state index contributed by atoms with van der Waals surface area (Å²) in [5.74, 6) is 0.106. The fourth-order valence-corrected chi connectivity index (χ4v) is 7.83. The average molecular weight is 780 g/mol. The number of esters is 1. The summed E-state index contributed by atoms with van der Waals surface area (Å²) in [6.45, 7) is 8.70. The standard InChI is InChI=1S/C50H49N7O2/c1-5-12-35-18-24-39(25-19-35)59-50(58)36-20-22-38(23-21-36)51-52-44-26-27-46(41-15-8-7-14-40(41)44)55-56(4)48-29-28-45(42-16-9-10-17-43(42)48)53-54-47-33-37-13-11-31-57(30-6-2)49(37)32-34(47)3/h7-10,14-29,32-33,55H,5-6,11-13,30-31H2,1-4H3/b52-51+,54-53+. The molecule has 7 aromatic rings. The van der Waals surface area contributed by atoms with Gasteiger partial charge in [0.05, 0.1) is 39.7 Å². The van der Waals surface area contributed by atoms with Gasteiger partial charge in [-0.25, -0.2) is 4.79 Å². The van der Waals surface area contributed by atoms with E-state index in [1.54, 1.807) is 24.3 Å². The van der Waals surface area contributed by atoms with Gasteiger partial charge in [0.25, 0.3) is 0 Å². The van der Waals surface area contributed by atoms with Crippen molar-refractivity contribution in [3.8, 4) is 5.75 Å². The first-order chi connectivity index (χ1) is 28.9. The monoisotopic (exact) mass is 779 g/mol. The SMILES string of the molecule is CCCc1ccc(OC(=O)c2ccc(/N=N/c3ccc(NN(C)c4ccc(/N=N/c5cc6c(cc5C)N(CCC)CCC6)c5ccccc45)c4ccccc34)cc2)cc1. The first-order valence-corrected chi connectivity index (χ1v) is 20.6. The van der Waals surface area contributed by atoms with Crippen LogP contribution in [0.3, 0.4) is 0 Å². The number of fused-ring (bicyclic) bond motifs is 3. The molecule has 7 aromatic carbocycles. The second kappa shape index (κ2) is 17.7. The van der Waals surface area contributed by atoms with Crippen LogP contribution in [0.25, 0.3) is 21.5 Å². The molecule has 296 valence electrons. The molecule has 1 aliphatic rings. The Bertz CT molecular complexity index is 2670. The Morgan fingerprint density at radius 1 is 0.712 bits per heavy atom. The minimum Gasteiger partial charge on any atom is -0.423 e. The van der Waals surface area contributed by atoms with Crippen molar-refractivity contribution in [3.05, 3.63) is 156 Å². The van der Waals surface area contributed by atoms with Gasteiger partial charge in [-0.3, -0.25) is 10.4 Å². The lowest BCUT2D eigenvalue weighted by molar-refractivity contribution is 0.0734. The molecule has 0 bridgehead atoms. The van der Waals surface area contributed by atoms with Gasteiger partial charge in [0.15, 0.2) is 0 Å². The summed E-state index contributed by atoms with van der Waals surface area (Å²) in [7, 11) is 2.02. The molecular formula is C50H49N7O2. The number of rotatable bonds is 13. The highest BCUT2D eigenvalue weighted by Crippen LogP contribution is 2.39. The maximum Gasteiger partial charge on any atom is 0.343 e. The molecule has 0 aromatic heterocycles. The van der Waals surface area contributed by atoms with Crippen molar-refractivity contribution in [2.75, 3.05) is 35.5 Å². The van der Waals surface area contributed by atoms with Crippen LogP contribution in [0.2, 0.25) is 0 Å². The molecule has 9 nitrogen and oxygen atoms in total. The molecule has 8 rings (SSSR count). The van der Waals surface area contributed by atoms with E-state index in [1.165, 1.54) is 16.8 Å². The van der Waals surface area contributed by atoms with Gasteiger partial charge in [-0.05, 0) is 122 Å². The highest BCUT2D eigenvalue weighted by atomic mass is 16.5. The Balaban J connectivity index is 0.979. The topological polar surface area (TPSA) is 94.2 Å². The van der Waals surface area contributed by atoms with Crippen LogP contribution in [0.15, 0.2) is 154 Å². The lowest BCUT2D eigenvalue weighted by Gasteiger charge is -2.31. The van der Waals surface area contributed by atoms with Crippen LogP contribution in [0, 0.1) is 6.92 Å². The largest absolute Gasteiger partial charge is 0.423 e. The molecule has 1 heterocycles. The third-order valence-electron chi connectivity index (χ3n) is 10.8. The van der Waals surface area contributed by atoms with Crippen molar-refractivity contribution >= 4 is 67.3 Å². The maximum absolute atomic E-state index is 12.8. The van der Waals surface area contributed by atoms with Gasteiger partial charge in [0.1, 0.15) is 5.75 Å². The van der Waals surface area contributed by atoms with Gasteiger partial charge >= 0.3 is 5.97 Å². The predicted molar refractivity (Wildman–Crippen MR) is 242 cm³/mol. The molecule has 0 saturated heterocycles. The minimum absolute atomic E-state index is 0.417. The lowest BCUT2D eigenvalue weighted by Crippen LogP contribution is -2.30. The Morgan fingerprint density at radius 2 is 1.37 bits per heavy atom. The van der Waals surface area contributed by atoms with E-state index in [4.69, 9.17) is 15.0 Å². The molecule has 59 heavy (non-hydrogen) atoms. The molecule has 1 N–H and O–H groups in total. The summed E-state index contributed by atoms with van der Waals surface area (Å²) in [5.41, 5.74) is 14.2. The van der Waals surface area contributed by atoms with Crippen LogP contribution >= 0.6 is 0 Å². The lowest BCUT2D eigenvalue weighted by atomic mass is 9.98. The Labute approximate surface area is 346 Å². The fraction of sp³-hybridized carbons (Fsp3) is 0.220. The van der Waals surface area contributed by atoms with E-state index in [0.29, 0.717) is 17.0 Å². The van der Waals surface area contributed by atoms with E-state index < -0.39 is 5.97 Å². The van der Waals surface area contributed by atoms with E-state index in [2.05, 4.69) is 83.8 Å². The molecular weight excluding hydrogens is 731 g/mol. The van der Waals surface area contributed by atoms with Crippen molar-refractivity contribution in [1.82, 2.24) is 0 Å². The molecule has 0 atom stereocenters. The number of hydrogen-bond donors (Lipinski definition) is 1. The third kappa shape index (κ3) is 8.70. The van der Waals surface area contributed by atoms with Crippen molar-refractivity contribution in [2.45, 2.75) is 52.9 Å². The number of nitrogens with one attached hydrogen (secondary N) is 1. The number of nitrogens with zero attached hydrogens (tertiary/aromatic N) is 6. The molecule has 1 aliphatic heterocycles. The Kier molecular flexibility index (Phi) is 11.7. The van der Waals surface area contributed by atoms with Gasteiger partial charge in [-0.2, -0.15) is 10.2 Å². The second-order valence-corrected chi connectivity index (χ2v) is 15.1. The Hall–Kier alpha value is -6.87. The number of anilines is 3. The zero-order chi connectivity index (χ0) is 40.7. The quantitative estimate of drug-likeness (QED) is 0.0544. The van der Waals surface area contributed by atoms with Crippen LogP contribution in [0.4, 0.5) is 39.8 Å². The van der Waals surface area contributed by atoms with Crippen molar-refractivity contribution in [1.29, 1.82) is 0 Å². The first kappa shape index (κ1) is 39.0. The number of carbonyl (C=O) groups is 1. The highest BCUT2D eigenvalue weighted by Gasteiger charge is 2.18. The molecule has 0 aliphatic carbocycles. The van der Waals surface area contributed by atoms with E-state index in [1.807, 2.05) is 78.8 Å². The van der Waals surface area contributed by atoms with Crippen molar-refractivity contribution in [2.24, 2.45) is 20.5 Å². The first-order valence-electron chi connectivity index (χ1n) is 20.6. The molecule has 0 amide bonds. The minimum atomic E-state index is -0.417. The van der Waals surface area contributed by atoms with Gasteiger partial charge in [0, 0.05) is 47.4 Å². The number of hydrogen-bond acceptors (Lipinski definition) is 9. The summed E-state index contributed by atoms with van der Waals surface area (Å²) in [6.07, 6.45) is 5.44. The average Bonchev–Trinajstić information content (AvgIpc) is 3.26. The van der Waals surface area contributed by atoms with Crippen LogP contribution in [-0.2, 0) is 12.8 Å². The number of hydrazine groups is 1. The van der Waals surface area contributed by atoms with E-state index >= 15 is 0 Å². The molecule has 0 spiro atoms. The van der Waals surface area contributed by atoms with Crippen molar-refractivity contribution < 1.29 is 9.53 Å². The van der Waals surface area contributed by atoms with E-state index in [-0.39, 0.29) is 0 Å². The molecule has 0 unspecified atom stereocenters.